The topological polar surface area (TPSA) is 90.1 Å². The first-order valence-electron chi connectivity index (χ1n) is 12.7. The van der Waals surface area contributed by atoms with Gasteiger partial charge in [-0.05, 0) is 60.5 Å². The number of anilines is 2. The van der Waals surface area contributed by atoms with Crippen molar-refractivity contribution in [2.45, 2.75) is 24.8 Å². The Morgan fingerprint density at radius 2 is 1.73 bits per heavy atom. The number of alkyl halides is 6. The molecule has 0 bridgehead atoms. The molecule has 4 aromatic rings. The van der Waals surface area contributed by atoms with Gasteiger partial charge >= 0.3 is 18.4 Å². The molecule has 3 amide bonds. The van der Waals surface area contributed by atoms with Crippen LogP contribution in [0.25, 0.3) is 11.3 Å². The van der Waals surface area contributed by atoms with Gasteiger partial charge in [0.05, 0.1) is 23.0 Å². The Balaban J connectivity index is 1.57. The van der Waals surface area contributed by atoms with Gasteiger partial charge in [0.1, 0.15) is 17.3 Å². The lowest BCUT2D eigenvalue weighted by Gasteiger charge is -2.35. The maximum atomic E-state index is 14.3. The summed E-state index contributed by atoms with van der Waals surface area (Å²) in [7, 11) is 0. The third-order valence-corrected chi connectivity index (χ3v) is 7.61. The number of nitrogens with zero attached hydrogens (tertiary/aromatic N) is 2. The number of aromatic nitrogens is 2. The first kappa shape index (κ1) is 29.4. The second-order valence-electron chi connectivity index (χ2n) is 10.0. The smallest absolute Gasteiger partial charge is 0.327 e. The molecule has 0 unspecified atom stereocenters. The standard InChI is InChI=1S/C28H16ClF8N5O2/c29-18-2-1-13(30)8-17(18)23-22-20(38-25(43)11-5-12(27(32,33)34)7-14(31)6-11)9-16(19-10-21(41-40-19)28(35,36)37)15-3-4-42(24(15)22)26(44)39-23/h1-2,5-10,23H,3-4H2,(H,38,43)(H,39,44)(H,40,41)/t23-/m0/s1. The average Bonchev–Trinajstić information content (AvgIpc) is 3.61. The number of benzene rings is 3. The van der Waals surface area contributed by atoms with E-state index in [1.54, 1.807) is 0 Å². The number of hydrogen-bond donors (Lipinski definition) is 3. The van der Waals surface area contributed by atoms with Gasteiger partial charge in [-0.1, -0.05) is 11.6 Å². The number of nitrogens with one attached hydrogen (secondary N) is 3. The van der Waals surface area contributed by atoms with Crippen molar-refractivity contribution in [1.82, 2.24) is 15.5 Å². The van der Waals surface area contributed by atoms with E-state index in [1.165, 1.54) is 17.0 Å². The lowest BCUT2D eigenvalue weighted by atomic mass is 9.88. The normalized spacial score (nSPS) is 16.2. The van der Waals surface area contributed by atoms with E-state index in [0.717, 1.165) is 18.2 Å². The number of H-pyrrole nitrogens is 1. The summed E-state index contributed by atoms with van der Waals surface area (Å²) < 4.78 is 109. The molecule has 0 saturated heterocycles. The molecule has 3 heterocycles. The highest BCUT2D eigenvalue weighted by atomic mass is 35.5. The molecule has 3 aromatic carbocycles. The van der Waals surface area contributed by atoms with Gasteiger partial charge in [-0.3, -0.25) is 14.8 Å². The van der Waals surface area contributed by atoms with Gasteiger partial charge in [-0.25, -0.2) is 13.6 Å². The molecule has 0 fully saturated rings. The molecule has 0 spiro atoms. The molecule has 6 rings (SSSR count). The number of carbonyl (C=O) groups excluding carboxylic acids is 2. The van der Waals surface area contributed by atoms with E-state index in [9.17, 15) is 44.7 Å². The van der Waals surface area contributed by atoms with Crippen LogP contribution in [0.1, 0.15) is 44.3 Å². The highest BCUT2D eigenvalue weighted by molar-refractivity contribution is 6.31. The fourth-order valence-corrected chi connectivity index (χ4v) is 5.60. The van der Waals surface area contributed by atoms with Crippen molar-refractivity contribution >= 4 is 34.9 Å². The number of hydrogen-bond acceptors (Lipinski definition) is 3. The number of halogens is 9. The van der Waals surface area contributed by atoms with Crippen molar-refractivity contribution < 1.29 is 44.7 Å². The van der Waals surface area contributed by atoms with Crippen LogP contribution in [-0.2, 0) is 18.8 Å². The number of urea groups is 1. The quantitative estimate of drug-likeness (QED) is 0.202. The number of amides is 3. The molecular weight excluding hydrogens is 626 g/mol. The molecule has 228 valence electrons. The van der Waals surface area contributed by atoms with Crippen LogP contribution in [0, 0.1) is 11.6 Å². The van der Waals surface area contributed by atoms with Crippen molar-refractivity contribution in [3.63, 3.8) is 0 Å². The Morgan fingerprint density at radius 3 is 2.41 bits per heavy atom. The van der Waals surface area contributed by atoms with Crippen molar-refractivity contribution in [3.8, 4) is 11.3 Å². The van der Waals surface area contributed by atoms with E-state index in [2.05, 4.69) is 15.7 Å². The van der Waals surface area contributed by atoms with Crippen molar-refractivity contribution in [2.75, 3.05) is 16.8 Å². The van der Waals surface area contributed by atoms with Crippen LogP contribution >= 0.6 is 11.6 Å². The van der Waals surface area contributed by atoms with Crippen molar-refractivity contribution in [3.05, 3.63) is 98.7 Å². The molecule has 3 N–H and O–H groups in total. The van der Waals surface area contributed by atoms with E-state index in [0.29, 0.717) is 17.7 Å². The summed E-state index contributed by atoms with van der Waals surface area (Å²) in [5, 5.41) is 10.8. The monoisotopic (exact) mass is 641 g/mol. The van der Waals surface area contributed by atoms with Gasteiger partial charge < -0.3 is 10.6 Å². The Morgan fingerprint density at radius 1 is 0.977 bits per heavy atom. The van der Waals surface area contributed by atoms with Crippen molar-refractivity contribution in [1.29, 1.82) is 0 Å². The zero-order chi connectivity index (χ0) is 31.7. The Kier molecular flexibility index (Phi) is 6.83. The second-order valence-corrected chi connectivity index (χ2v) is 10.4. The van der Waals surface area contributed by atoms with E-state index in [-0.39, 0.29) is 57.8 Å². The zero-order valence-corrected chi connectivity index (χ0v) is 22.5. The minimum absolute atomic E-state index is 0.0142. The van der Waals surface area contributed by atoms with Gasteiger partial charge in [0.2, 0.25) is 0 Å². The molecule has 1 aromatic heterocycles. The molecule has 1 atom stereocenters. The first-order chi connectivity index (χ1) is 20.6. The van der Waals surface area contributed by atoms with Crippen LogP contribution < -0.4 is 15.5 Å². The summed E-state index contributed by atoms with van der Waals surface area (Å²) in [6, 6.07) is 4.62. The van der Waals surface area contributed by atoms with Crippen LogP contribution in [0.3, 0.4) is 0 Å². The lowest BCUT2D eigenvalue weighted by Crippen LogP contribution is -2.46. The first-order valence-corrected chi connectivity index (χ1v) is 13.0. The van der Waals surface area contributed by atoms with Gasteiger partial charge in [0.15, 0.2) is 0 Å². The van der Waals surface area contributed by atoms with Crippen LogP contribution in [0.5, 0.6) is 0 Å². The van der Waals surface area contributed by atoms with E-state index in [1.807, 2.05) is 5.10 Å². The maximum Gasteiger partial charge on any atom is 0.432 e. The fourth-order valence-electron chi connectivity index (χ4n) is 5.38. The van der Waals surface area contributed by atoms with E-state index >= 15 is 0 Å². The number of rotatable bonds is 4. The molecule has 0 saturated carbocycles. The average molecular weight is 642 g/mol. The Bertz CT molecular complexity index is 1850. The van der Waals surface area contributed by atoms with E-state index in [4.69, 9.17) is 11.6 Å². The maximum absolute atomic E-state index is 14.3. The molecule has 7 nitrogen and oxygen atoms in total. The molecular formula is C28H16ClF8N5O2. The largest absolute Gasteiger partial charge is 0.432 e. The van der Waals surface area contributed by atoms with Crippen molar-refractivity contribution in [2.24, 2.45) is 0 Å². The zero-order valence-electron chi connectivity index (χ0n) is 21.7. The van der Waals surface area contributed by atoms with E-state index < -0.39 is 58.8 Å². The lowest BCUT2D eigenvalue weighted by molar-refractivity contribution is -0.141. The molecule has 0 aliphatic carbocycles. The van der Waals surface area contributed by atoms with Gasteiger partial charge in [0.25, 0.3) is 5.91 Å². The summed E-state index contributed by atoms with van der Waals surface area (Å²) in [6.07, 6.45) is -9.62. The summed E-state index contributed by atoms with van der Waals surface area (Å²) in [5.74, 6) is -3.28. The SMILES string of the molecule is O=C(Nc1cc(-c2cc(C(F)(F)F)[nH]n2)c2c3c1[C@H](c1cc(F)ccc1Cl)NC(=O)N3CC2)c1cc(F)cc(C(F)(F)F)c1. The van der Waals surface area contributed by atoms with Crippen LogP contribution in [-0.4, -0.2) is 28.7 Å². The van der Waals surface area contributed by atoms with Gasteiger partial charge in [-0.2, -0.15) is 31.4 Å². The second kappa shape index (κ2) is 10.2. The third-order valence-electron chi connectivity index (χ3n) is 7.27. The Labute approximate surface area is 246 Å². The van der Waals surface area contributed by atoms with Crippen LogP contribution in [0.15, 0.2) is 48.5 Å². The molecule has 2 aliphatic heterocycles. The molecule has 16 heteroatoms. The minimum Gasteiger partial charge on any atom is -0.327 e. The predicted octanol–water partition coefficient (Wildman–Crippen LogP) is 7.47. The Hall–Kier alpha value is -4.66. The molecule has 44 heavy (non-hydrogen) atoms. The number of aromatic amines is 1. The number of carbonyl (C=O) groups is 2. The highest BCUT2D eigenvalue weighted by Gasteiger charge is 2.42. The third kappa shape index (κ3) is 5.10. The van der Waals surface area contributed by atoms with Gasteiger partial charge in [-0.15, -0.1) is 0 Å². The molecule has 0 radical (unpaired) electrons. The minimum atomic E-state index is -4.98. The summed E-state index contributed by atoms with van der Waals surface area (Å²) in [5.41, 5.74) is -2.93. The summed E-state index contributed by atoms with van der Waals surface area (Å²) >= 11 is 6.35. The van der Waals surface area contributed by atoms with Gasteiger partial charge in [0, 0.05) is 39.5 Å². The van der Waals surface area contributed by atoms with Crippen LogP contribution in [0.4, 0.5) is 51.3 Å². The summed E-state index contributed by atoms with van der Waals surface area (Å²) in [6.45, 7) is 0.0670. The fraction of sp³-hybridized carbons (Fsp3) is 0.179. The highest BCUT2D eigenvalue weighted by Crippen LogP contribution is 2.50. The molecule has 2 aliphatic rings. The summed E-state index contributed by atoms with van der Waals surface area (Å²) in [4.78, 5) is 27.8. The van der Waals surface area contributed by atoms with Crippen LogP contribution in [0.2, 0.25) is 5.02 Å². The predicted molar refractivity (Wildman–Crippen MR) is 141 cm³/mol.